The smallest absolute Gasteiger partial charge is 0.406 e. The highest BCUT2D eigenvalue weighted by Crippen LogP contribution is 2.49. The van der Waals surface area contributed by atoms with Crippen LogP contribution >= 0.6 is 7.75 Å². The molecule has 1 unspecified atom stereocenters. The number of carbonyl (C=O) groups excluding carboxylic acids is 1. The lowest BCUT2D eigenvalue weighted by Crippen LogP contribution is -2.46. The molecule has 4 rings (SSSR count). The number of ether oxygens (including phenoxy) is 2. The molecule has 1 saturated heterocycles. The predicted molar refractivity (Wildman–Crippen MR) is 154 cm³/mol. The highest BCUT2D eigenvalue weighted by Gasteiger charge is 2.57. The van der Waals surface area contributed by atoms with Crippen LogP contribution in [-0.2, 0) is 34.5 Å². The van der Waals surface area contributed by atoms with Crippen LogP contribution in [0.5, 0.6) is 0 Å². The van der Waals surface area contributed by atoms with Crippen LogP contribution in [0, 0.1) is 17.2 Å². The van der Waals surface area contributed by atoms with E-state index in [1.54, 1.807) is 36.4 Å². The zero-order valence-electron chi connectivity index (χ0n) is 24.2. The fourth-order valence-electron chi connectivity index (χ4n) is 4.64. The summed E-state index contributed by atoms with van der Waals surface area (Å²) in [7, 11) is -4.35. The van der Waals surface area contributed by atoms with Crippen LogP contribution in [0.15, 0.2) is 48.8 Å². The topological polar surface area (TPSA) is 204 Å². The summed E-state index contributed by atoms with van der Waals surface area (Å²) in [6.45, 7) is 4.70. The van der Waals surface area contributed by atoms with Gasteiger partial charge in [-0.25, -0.2) is 19.2 Å². The average molecular weight is 617 g/mol. The number of aliphatic hydroxyl groups is 2. The minimum atomic E-state index is -4.35. The molecule has 0 bridgehead atoms. The molecule has 14 nitrogen and oxygen atoms in total. The molecule has 6 atom stereocenters. The lowest BCUT2D eigenvalue weighted by atomic mass is 9.96. The zero-order chi connectivity index (χ0) is 31.2. The number of nitrogen functional groups attached to an aromatic ring is 1. The van der Waals surface area contributed by atoms with Crippen molar-refractivity contribution in [2.24, 2.45) is 5.92 Å². The van der Waals surface area contributed by atoms with Gasteiger partial charge in [0, 0.05) is 0 Å². The minimum absolute atomic E-state index is 0.161. The van der Waals surface area contributed by atoms with E-state index in [9.17, 15) is 24.8 Å². The molecule has 5 N–H and O–H groups in total. The standard InChI is InChI=1S/C28H37N6O8P/c1-4-19(5-2)13-39-27(37)18(3)33-43(38,40-14-20-9-7-6-8-10-20)41-16-28(15-29)25(36)23(35)24(42-28)21-11-12-22-26(30)31-17-32-34(21)22/h6-12,17-19,23-25,35-36H,4-5,13-14,16H2,1-3H3,(H,33,38)(H2,30,31,32)/t18-,23-,24-,25-,28+,43?/m0/s1. The van der Waals surface area contributed by atoms with E-state index in [1.807, 2.05) is 26.0 Å². The molecule has 1 aliphatic heterocycles. The third-order valence-corrected chi connectivity index (χ3v) is 9.10. The molecule has 2 aromatic heterocycles. The van der Waals surface area contributed by atoms with Crippen molar-refractivity contribution in [1.29, 1.82) is 5.26 Å². The second-order valence-electron chi connectivity index (χ2n) is 10.4. The molecule has 0 aliphatic carbocycles. The Morgan fingerprint density at radius 3 is 2.63 bits per heavy atom. The summed E-state index contributed by atoms with van der Waals surface area (Å²) in [5.74, 6) is -0.299. The van der Waals surface area contributed by atoms with Crippen molar-refractivity contribution in [2.75, 3.05) is 18.9 Å². The van der Waals surface area contributed by atoms with E-state index in [0.717, 1.165) is 12.8 Å². The van der Waals surface area contributed by atoms with Gasteiger partial charge in [-0.3, -0.25) is 13.8 Å². The minimum Gasteiger partial charge on any atom is -0.464 e. The maximum absolute atomic E-state index is 14.0. The van der Waals surface area contributed by atoms with Crippen LogP contribution in [0.25, 0.3) is 5.52 Å². The number of nitrogens with one attached hydrogen (secondary N) is 1. The van der Waals surface area contributed by atoms with E-state index in [-0.39, 0.29) is 24.9 Å². The number of fused-ring (bicyclic) bond motifs is 1. The largest absolute Gasteiger partial charge is 0.464 e. The van der Waals surface area contributed by atoms with Gasteiger partial charge in [0.25, 0.3) is 0 Å². The van der Waals surface area contributed by atoms with Gasteiger partial charge in [-0.1, -0.05) is 57.0 Å². The van der Waals surface area contributed by atoms with Crippen molar-refractivity contribution in [2.45, 2.75) is 70.2 Å². The summed E-state index contributed by atoms with van der Waals surface area (Å²) < 4.78 is 38.0. The summed E-state index contributed by atoms with van der Waals surface area (Å²) in [6, 6.07) is 12.8. The van der Waals surface area contributed by atoms with Crippen molar-refractivity contribution in [3.05, 3.63) is 60.0 Å². The number of aliphatic hydroxyl groups excluding tert-OH is 2. The molecular formula is C28H37N6O8P. The van der Waals surface area contributed by atoms with Gasteiger partial charge in [-0.05, 0) is 30.5 Å². The van der Waals surface area contributed by atoms with Gasteiger partial charge in [-0.15, -0.1) is 0 Å². The maximum Gasteiger partial charge on any atom is 0.406 e. The van der Waals surface area contributed by atoms with E-state index in [2.05, 4.69) is 15.2 Å². The van der Waals surface area contributed by atoms with Gasteiger partial charge in [0.15, 0.2) is 5.82 Å². The van der Waals surface area contributed by atoms with Gasteiger partial charge < -0.3 is 25.4 Å². The van der Waals surface area contributed by atoms with Gasteiger partial charge >= 0.3 is 13.7 Å². The summed E-state index contributed by atoms with van der Waals surface area (Å²) >= 11 is 0. The molecule has 1 aliphatic rings. The number of esters is 1. The molecule has 1 fully saturated rings. The van der Waals surface area contributed by atoms with Crippen LogP contribution in [0.4, 0.5) is 5.82 Å². The quantitative estimate of drug-likeness (QED) is 0.152. The third kappa shape index (κ3) is 7.22. The Balaban J connectivity index is 1.53. The van der Waals surface area contributed by atoms with Crippen molar-refractivity contribution in [3.63, 3.8) is 0 Å². The number of carbonyl (C=O) groups is 1. The number of benzene rings is 1. The van der Waals surface area contributed by atoms with Crippen molar-refractivity contribution < 1.29 is 38.1 Å². The fourth-order valence-corrected chi connectivity index (χ4v) is 6.13. The van der Waals surface area contributed by atoms with Crippen molar-refractivity contribution in [3.8, 4) is 6.07 Å². The Morgan fingerprint density at radius 1 is 1.23 bits per heavy atom. The normalized spacial score (nSPS) is 24.1. The summed E-state index contributed by atoms with van der Waals surface area (Å²) in [6.07, 6.45) is -1.72. The fraction of sp³-hybridized carbons (Fsp3) is 0.500. The molecular weight excluding hydrogens is 579 g/mol. The molecule has 0 amide bonds. The van der Waals surface area contributed by atoms with E-state index in [1.165, 1.54) is 17.8 Å². The van der Waals surface area contributed by atoms with Gasteiger partial charge in [-0.2, -0.15) is 10.4 Å². The highest BCUT2D eigenvalue weighted by molar-refractivity contribution is 7.51. The van der Waals surface area contributed by atoms with E-state index in [0.29, 0.717) is 16.8 Å². The number of nitrogens with zero attached hydrogens (tertiary/aromatic N) is 4. The van der Waals surface area contributed by atoms with Crippen LogP contribution in [0.2, 0.25) is 0 Å². The molecule has 43 heavy (non-hydrogen) atoms. The zero-order valence-corrected chi connectivity index (χ0v) is 25.1. The summed E-state index contributed by atoms with van der Waals surface area (Å²) in [5, 5.41) is 38.7. The Bertz CT molecular complexity index is 1480. The second-order valence-corrected chi connectivity index (χ2v) is 12.1. The molecule has 3 heterocycles. The molecule has 0 radical (unpaired) electrons. The first-order valence-corrected chi connectivity index (χ1v) is 15.5. The molecule has 15 heteroatoms. The van der Waals surface area contributed by atoms with E-state index < -0.39 is 50.3 Å². The van der Waals surface area contributed by atoms with Gasteiger partial charge in [0.2, 0.25) is 5.60 Å². The number of rotatable bonds is 14. The summed E-state index contributed by atoms with van der Waals surface area (Å²) in [4.78, 5) is 16.6. The predicted octanol–water partition coefficient (Wildman–Crippen LogP) is 2.67. The van der Waals surface area contributed by atoms with Gasteiger partial charge in [0.05, 0.1) is 18.9 Å². The number of aromatic nitrogens is 3. The monoisotopic (exact) mass is 616 g/mol. The lowest BCUT2D eigenvalue weighted by Gasteiger charge is -2.28. The average Bonchev–Trinajstić information content (AvgIpc) is 3.56. The molecule has 0 saturated carbocycles. The highest BCUT2D eigenvalue weighted by atomic mass is 31.2. The number of hydrogen-bond donors (Lipinski definition) is 4. The maximum atomic E-state index is 14.0. The number of hydrogen-bond acceptors (Lipinski definition) is 12. The van der Waals surface area contributed by atoms with Crippen molar-refractivity contribution >= 4 is 25.1 Å². The van der Waals surface area contributed by atoms with Crippen LogP contribution in [0.1, 0.15) is 51.0 Å². The molecule has 232 valence electrons. The Kier molecular flexibility index (Phi) is 10.5. The Hall–Kier alpha value is -3.41. The number of anilines is 1. The lowest BCUT2D eigenvalue weighted by molar-refractivity contribution is -0.146. The molecule has 3 aromatic rings. The van der Waals surface area contributed by atoms with E-state index in [4.69, 9.17) is 24.3 Å². The third-order valence-electron chi connectivity index (χ3n) is 7.45. The van der Waals surface area contributed by atoms with E-state index >= 15 is 0 Å². The molecule has 0 spiro atoms. The number of nitrogens with two attached hydrogens (primary N) is 1. The second kappa shape index (κ2) is 13.9. The molecule has 1 aromatic carbocycles. The summed E-state index contributed by atoms with van der Waals surface area (Å²) in [5.41, 5.74) is 5.13. The first kappa shape index (κ1) is 32.5. The Labute approximate surface area is 249 Å². The Morgan fingerprint density at radius 2 is 1.95 bits per heavy atom. The first-order valence-electron chi connectivity index (χ1n) is 14.0. The SMILES string of the molecule is CCC(CC)COC(=O)[C@H](C)NP(=O)(OCc1ccccc1)OC[C@@]1(C#N)O[C@@H](c2ccc3c(N)ncnn23)[C@H](O)[C@@H]1O. The van der Waals surface area contributed by atoms with Crippen LogP contribution < -0.4 is 10.8 Å². The van der Waals surface area contributed by atoms with Crippen molar-refractivity contribution in [1.82, 2.24) is 19.7 Å². The van der Waals surface area contributed by atoms with Crippen LogP contribution in [0.3, 0.4) is 0 Å². The first-order chi connectivity index (χ1) is 20.6. The van der Waals surface area contributed by atoms with Gasteiger partial charge in [0.1, 0.15) is 48.9 Å². The number of nitriles is 1. The van der Waals surface area contributed by atoms with Crippen LogP contribution in [-0.4, -0.2) is 67.8 Å².